The first-order valence-electron chi connectivity index (χ1n) is 4.08. The van der Waals surface area contributed by atoms with E-state index in [2.05, 4.69) is 5.10 Å². The molecule has 64 valence electrons. The van der Waals surface area contributed by atoms with Crippen molar-refractivity contribution in [1.82, 2.24) is 9.94 Å². The van der Waals surface area contributed by atoms with Crippen molar-refractivity contribution in [3.05, 3.63) is 18.5 Å². The summed E-state index contributed by atoms with van der Waals surface area (Å²) < 4.78 is 0. The van der Waals surface area contributed by atoms with E-state index in [-0.39, 0.29) is 11.9 Å². The zero-order valence-corrected chi connectivity index (χ0v) is 6.64. The Bertz CT molecular complexity index is 265. The zero-order valence-electron chi connectivity index (χ0n) is 6.64. The van der Waals surface area contributed by atoms with E-state index in [1.807, 2.05) is 0 Å². The van der Waals surface area contributed by atoms with Crippen LogP contribution >= 0.6 is 0 Å². The second kappa shape index (κ2) is 2.97. The zero-order chi connectivity index (χ0) is 8.39. The van der Waals surface area contributed by atoms with Crippen LogP contribution in [0.15, 0.2) is 18.5 Å². The van der Waals surface area contributed by atoms with Crippen molar-refractivity contribution >= 4 is 5.97 Å². The Morgan fingerprint density at radius 3 is 2.92 bits per heavy atom. The van der Waals surface area contributed by atoms with E-state index in [0.29, 0.717) is 0 Å². The maximum absolute atomic E-state index is 11.2. The summed E-state index contributed by atoms with van der Waals surface area (Å²) in [4.78, 5) is 17.3. The van der Waals surface area contributed by atoms with Crippen molar-refractivity contribution in [2.45, 2.75) is 19.3 Å². The minimum atomic E-state index is -0.162. The molecule has 0 saturated heterocycles. The van der Waals surface area contributed by atoms with Crippen LogP contribution in [0.5, 0.6) is 0 Å². The quantitative estimate of drug-likeness (QED) is 0.647. The van der Waals surface area contributed by atoms with Crippen LogP contribution in [0, 0.1) is 5.92 Å². The molecule has 0 radical (unpaired) electrons. The summed E-state index contributed by atoms with van der Waals surface area (Å²) in [5, 5.41) is 3.77. The molecule has 0 amide bonds. The Balaban J connectivity index is 1.90. The van der Waals surface area contributed by atoms with Crippen LogP contribution < -0.4 is 4.84 Å². The average molecular weight is 166 g/mol. The lowest BCUT2D eigenvalue weighted by Crippen LogP contribution is -2.31. The van der Waals surface area contributed by atoms with Gasteiger partial charge in [-0.1, -0.05) is 11.3 Å². The molecule has 0 bridgehead atoms. The Morgan fingerprint density at radius 2 is 2.42 bits per heavy atom. The first kappa shape index (κ1) is 7.34. The molecule has 2 rings (SSSR count). The van der Waals surface area contributed by atoms with E-state index in [1.165, 1.54) is 4.85 Å². The third-order valence-corrected chi connectivity index (χ3v) is 2.10. The summed E-state index contributed by atoms with van der Waals surface area (Å²) in [6.07, 6.45) is 6.24. The third-order valence-electron chi connectivity index (χ3n) is 2.10. The van der Waals surface area contributed by atoms with Gasteiger partial charge in [-0.3, -0.25) is 0 Å². The average Bonchev–Trinajstić information content (AvgIpc) is 2.34. The molecule has 12 heavy (non-hydrogen) atoms. The third kappa shape index (κ3) is 1.32. The lowest BCUT2D eigenvalue weighted by atomic mass is 9.86. The number of hydrogen-bond acceptors (Lipinski definition) is 3. The van der Waals surface area contributed by atoms with E-state index < -0.39 is 0 Å². The molecule has 0 spiro atoms. The van der Waals surface area contributed by atoms with Gasteiger partial charge in [0, 0.05) is 0 Å². The first-order chi connectivity index (χ1) is 5.86. The lowest BCUT2D eigenvalue weighted by molar-refractivity contribution is -0.153. The summed E-state index contributed by atoms with van der Waals surface area (Å²) in [5.41, 5.74) is 0. The van der Waals surface area contributed by atoms with E-state index in [0.717, 1.165) is 19.3 Å². The minimum absolute atomic E-state index is 0.106. The number of nitrogens with zero attached hydrogens (tertiary/aromatic N) is 2. The van der Waals surface area contributed by atoms with E-state index >= 15 is 0 Å². The Labute approximate surface area is 70.1 Å². The first-order valence-corrected chi connectivity index (χ1v) is 4.08. The van der Waals surface area contributed by atoms with Gasteiger partial charge in [0.25, 0.3) is 0 Å². The van der Waals surface area contributed by atoms with Gasteiger partial charge < -0.3 is 4.84 Å². The molecule has 1 heterocycles. The number of hydrogen-bond donors (Lipinski definition) is 0. The summed E-state index contributed by atoms with van der Waals surface area (Å²) >= 11 is 0. The van der Waals surface area contributed by atoms with Crippen molar-refractivity contribution in [2.24, 2.45) is 5.92 Å². The van der Waals surface area contributed by atoms with Gasteiger partial charge in [0.05, 0.1) is 18.3 Å². The van der Waals surface area contributed by atoms with Gasteiger partial charge in [0.2, 0.25) is 0 Å². The summed E-state index contributed by atoms with van der Waals surface area (Å²) in [6.45, 7) is 0. The van der Waals surface area contributed by atoms with Gasteiger partial charge in [-0.05, 0) is 18.9 Å². The molecule has 4 nitrogen and oxygen atoms in total. The second-order valence-electron chi connectivity index (χ2n) is 2.95. The fourth-order valence-corrected chi connectivity index (χ4v) is 1.12. The molecule has 4 heteroatoms. The van der Waals surface area contributed by atoms with Crippen molar-refractivity contribution in [3.63, 3.8) is 0 Å². The standard InChI is InChI=1S/C8H10N2O2/c11-8(7-3-1-4-7)12-10-6-2-5-9-10/h2,5-7H,1,3-4H2. The molecule has 1 aromatic rings. The van der Waals surface area contributed by atoms with Crippen LogP contribution in [0.1, 0.15) is 19.3 Å². The number of carbonyl (C=O) groups is 1. The fourth-order valence-electron chi connectivity index (χ4n) is 1.12. The fraction of sp³-hybridized carbons (Fsp3) is 0.500. The van der Waals surface area contributed by atoms with Crippen LogP contribution in [0.4, 0.5) is 0 Å². The Hall–Kier alpha value is -1.32. The van der Waals surface area contributed by atoms with E-state index in [9.17, 15) is 4.79 Å². The predicted octanol–water partition coefficient (Wildman–Crippen LogP) is 0.638. The summed E-state index contributed by atoms with van der Waals surface area (Å²) in [6, 6.07) is 1.72. The monoisotopic (exact) mass is 166 g/mol. The van der Waals surface area contributed by atoms with E-state index in [4.69, 9.17) is 4.84 Å². The lowest BCUT2D eigenvalue weighted by Gasteiger charge is -2.22. The highest BCUT2D eigenvalue weighted by molar-refractivity contribution is 5.73. The second-order valence-corrected chi connectivity index (χ2v) is 2.95. The van der Waals surface area contributed by atoms with Gasteiger partial charge >= 0.3 is 5.97 Å². The van der Waals surface area contributed by atoms with Gasteiger partial charge in [0.15, 0.2) is 0 Å². The Kier molecular flexibility index (Phi) is 1.81. The smallest absolute Gasteiger partial charge is 0.319 e. The van der Waals surface area contributed by atoms with Gasteiger partial charge in [0.1, 0.15) is 0 Å². The SMILES string of the molecule is O=C(On1cccn1)C1CCC1. The molecular formula is C8H10N2O2. The molecule has 1 saturated carbocycles. The van der Waals surface area contributed by atoms with Crippen LogP contribution in [0.3, 0.4) is 0 Å². The molecule has 1 aromatic heterocycles. The van der Waals surface area contributed by atoms with Gasteiger partial charge in [-0.25, -0.2) is 4.79 Å². The Morgan fingerprint density at radius 1 is 1.58 bits per heavy atom. The molecule has 0 N–H and O–H groups in total. The summed E-state index contributed by atoms with van der Waals surface area (Å²) in [7, 11) is 0. The molecule has 1 aliphatic rings. The number of aromatic nitrogens is 2. The molecule has 0 aliphatic heterocycles. The highest BCUT2D eigenvalue weighted by Crippen LogP contribution is 2.26. The number of rotatable bonds is 2. The van der Waals surface area contributed by atoms with E-state index in [1.54, 1.807) is 18.5 Å². The van der Waals surface area contributed by atoms with Crippen molar-refractivity contribution < 1.29 is 9.63 Å². The maximum atomic E-state index is 11.2. The van der Waals surface area contributed by atoms with Crippen molar-refractivity contribution in [3.8, 4) is 0 Å². The van der Waals surface area contributed by atoms with Crippen molar-refractivity contribution in [2.75, 3.05) is 0 Å². The molecule has 1 aliphatic carbocycles. The topological polar surface area (TPSA) is 44.1 Å². The van der Waals surface area contributed by atoms with Crippen LogP contribution in [0.2, 0.25) is 0 Å². The number of carbonyl (C=O) groups excluding carboxylic acids is 1. The molecule has 0 aromatic carbocycles. The maximum Gasteiger partial charge on any atom is 0.337 e. The predicted molar refractivity (Wildman–Crippen MR) is 41.2 cm³/mol. The summed E-state index contributed by atoms with van der Waals surface area (Å²) in [5.74, 6) is -0.0563. The largest absolute Gasteiger partial charge is 0.337 e. The highest BCUT2D eigenvalue weighted by Gasteiger charge is 2.27. The van der Waals surface area contributed by atoms with Crippen LogP contribution in [-0.4, -0.2) is 15.9 Å². The molecule has 0 atom stereocenters. The van der Waals surface area contributed by atoms with Crippen LogP contribution in [-0.2, 0) is 4.79 Å². The molecular weight excluding hydrogens is 156 g/mol. The molecule has 0 unspecified atom stereocenters. The van der Waals surface area contributed by atoms with Gasteiger partial charge in [-0.15, -0.1) is 5.10 Å². The van der Waals surface area contributed by atoms with Gasteiger partial charge in [-0.2, -0.15) is 0 Å². The molecule has 1 fully saturated rings. The van der Waals surface area contributed by atoms with Crippen molar-refractivity contribution in [1.29, 1.82) is 0 Å². The minimum Gasteiger partial charge on any atom is -0.319 e. The van der Waals surface area contributed by atoms with Crippen LogP contribution in [0.25, 0.3) is 0 Å². The normalized spacial score (nSPS) is 17.0. The highest BCUT2D eigenvalue weighted by atomic mass is 16.7.